The number of aryl methyl sites for hydroxylation is 1. The monoisotopic (exact) mass is 242 g/mol. The Kier molecular flexibility index (Phi) is 3.95. The highest BCUT2D eigenvalue weighted by molar-refractivity contribution is 5.62. The highest BCUT2D eigenvalue weighted by atomic mass is 16.5. The first kappa shape index (κ1) is 12.6. The van der Waals surface area contributed by atoms with Crippen LogP contribution in [0.25, 0.3) is 11.3 Å². The van der Waals surface area contributed by atoms with Gasteiger partial charge < -0.3 is 10.5 Å². The lowest BCUT2D eigenvalue weighted by molar-refractivity contribution is 0.202. The Hall–Kier alpha value is -1.87. The molecule has 0 bridgehead atoms. The third kappa shape index (κ3) is 2.87. The van der Waals surface area contributed by atoms with Crippen LogP contribution in [0.3, 0.4) is 0 Å². The van der Waals surface area contributed by atoms with E-state index in [0.717, 1.165) is 35.7 Å². The Morgan fingerprint density at radius 3 is 2.44 bits per heavy atom. The summed E-state index contributed by atoms with van der Waals surface area (Å²) in [4.78, 5) is 4.49. The van der Waals surface area contributed by atoms with Crippen LogP contribution in [-0.2, 0) is 11.2 Å². The van der Waals surface area contributed by atoms with Gasteiger partial charge in [-0.3, -0.25) is 4.98 Å². The molecule has 1 heterocycles. The average Bonchev–Trinajstić information content (AvgIpc) is 2.40. The molecule has 3 nitrogen and oxygen atoms in total. The number of nitrogen functional groups attached to an aromatic ring is 1. The number of anilines is 1. The van der Waals surface area contributed by atoms with Crippen molar-refractivity contribution in [2.45, 2.75) is 13.3 Å². The zero-order chi connectivity index (χ0) is 13.0. The van der Waals surface area contributed by atoms with Crippen molar-refractivity contribution in [1.29, 1.82) is 0 Å². The van der Waals surface area contributed by atoms with Crippen molar-refractivity contribution in [3.8, 4) is 11.3 Å². The van der Waals surface area contributed by atoms with Gasteiger partial charge in [-0.1, -0.05) is 24.3 Å². The standard InChI is InChI=1S/C15H18N2O/c1-11-14(16)7-8-15(17-11)13-5-3-12(4-6-13)9-10-18-2/h3-8H,9-10,16H2,1-2H3. The molecule has 1 aromatic heterocycles. The van der Waals surface area contributed by atoms with Gasteiger partial charge in [0, 0.05) is 12.7 Å². The largest absolute Gasteiger partial charge is 0.397 e. The number of methoxy groups -OCH3 is 1. The Morgan fingerprint density at radius 2 is 1.83 bits per heavy atom. The van der Waals surface area contributed by atoms with Gasteiger partial charge >= 0.3 is 0 Å². The van der Waals surface area contributed by atoms with Gasteiger partial charge in [-0.2, -0.15) is 0 Å². The van der Waals surface area contributed by atoms with Crippen LogP contribution >= 0.6 is 0 Å². The van der Waals surface area contributed by atoms with Crippen molar-refractivity contribution in [2.24, 2.45) is 0 Å². The fourth-order valence-corrected chi connectivity index (χ4v) is 1.79. The number of benzene rings is 1. The molecular weight excluding hydrogens is 224 g/mol. The van der Waals surface area contributed by atoms with Crippen molar-refractivity contribution in [2.75, 3.05) is 19.5 Å². The summed E-state index contributed by atoms with van der Waals surface area (Å²) in [5.41, 5.74) is 10.7. The van der Waals surface area contributed by atoms with Gasteiger partial charge in [-0.05, 0) is 31.0 Å². The fraction of sp³-hybridized carbons (Fsp3) is 0.267. The number of hydrogen-bond acceptors (Lipinski definition) is 3. The van der Waals surface area contributed by atoms with E-state index in [-0.39, 0.29) is 0 Å². The first-order chi connectivity index (χ1) is 8.70. The first-order valence-corrected chi connectivity index (χ1v) is 6.02. The zero-order valence-corrected chi connectivity index (χ0v) is 10.8. The molecule has 0 aliphatic heterocycles. The third-order valence-corrected chi connectivity index (χ3v) is 2.97. The van der Waals surface area contributed by atoms with Crippen LogP contribution in [0.15, 0.2) is 36.4 Å². The second-order valence-electron chi connectivity index (χ2n) is 4.31. The van der Waals surface area contributed by atoms with Crippen LogP contribution in [0.1, 0.15) is 11.3 Å². The Labute approximate surface area is 108 Å². The Bertz CT molecular complexity index is 521. The minimum absolute atomic E-state index is 0.732. The normalized spacial score (nSPS) is 10.6. The van der Waals surface area contributed by atoms with Crippen molar-refractivity contribution in [1.82, 2.24) is 4.98 Å². The molecular formula is C15H18N2O. The van der Waals surface area contributed by atoms with Gasteiger partial charge in [-0.15, -0.1) is 0 Å². The molecule has 2 aromatic rings. The molecule has 0 saturated carbocycles. The molecule has 0 radical (unpaired) electrons. The molecule has 0 aliphatic rings. The average molecular weight is 242 g/mol. The summed E-state index contributed by atoms with van der Waals surface area (Å²) >= 11 is 0. The van der Waals surface area contributed by atoms with Crippen LogP contribution in [0.4, 0.5) is 5.69 Å². The summed E-state index contributed by atoms with van der Waals surface area (Å²) in [5, 5.41) is 0. The lowest BCUT2D eigenvalue weighted by Gasteiger charge is -2.06. The molecule has 18 heavy (non-hydrogen) atoms. The molecule has 0 spiro atoms. The van der Waals surface area contributed by atoms with E-state index >= 15 is 0 Å². The van der Waals surface area contributed by atoms with Crippen LogP contribution in [0.5, 0.6) is 0 Å². The predicted octanol–water partition coefficient (Wildman–Crippen LogP) is 2.83. The number of nitrogens with two attached hydrogens (primary N) is 1. The van der Waals surface area contributed by atoms with Gasteiger partial charge in [-0.25, -0.2) is 0 Å². The molecule has 94 valence electrons. The number of aromatic nitrogens is 1. The molecule has 0 unspecified atom stereocenters. The maximum absolute atomic E-state index is 5.77. The van der Waals surface area contributed by atoms with Gasteiger partial charge in [0.25, 0.3) is 0 Å². The maximum atomic E-state index is 5.77. The minimum Gasteiger partial charge on any atom is -0.397 e. The Balaban J connectivity index is 2.20. The van der Waals surface area contributed by atoms with E-state index in [1.807, 2.05) is 19.1 Å². The first-order valence-electron chi connectivity index (χ1n) is 6.02. The van der Waals surface area contributed by atoms with Gasteiger partial charge in [0.1, 0.15) is 0 Å². The van der Waals surface area contributed by atoms with Crippen LogP contribution in [0.2, 0.25) is 0 Å². The van der Waals surface area contributed by atoms with Gasteiger partial charge in [0.2, 0.25) is 0 Å². The zero-order valence-electron chi connectivity index (χ0n) is 10.8. The second kappa shape index (κ2) is 5.65. The van der Waals surface area contributed by atoms with Crippen molar-refractivity contribution in [3.63, 3.8) is 0 Å². The van der Waals surface area contributed by atoms with Crippen LogP contribution < -0.4 is 5.73 Å². The van der Waals surface area contributed by atoms with Crippen LogP contribution in [-0.4, -0.2) is 18.7 Å². The Morgan fingerprint density at radius 1 is 1.11 bits per heavy atom. The van der Waals surface area contributed by atoms with E-state index in [1.54, 1.807) is 7.11 Å². The van der Waals surface area contributed by atoms with Gasteiger partial charge in [0.05, 0.1) is 23.7 Å². The molecule has 0 amide bonds. The predicted molar refractivity (Wildman–Crippen MR) is 74.4 cm³/mol. The lowest BCUT2D eigenvalue weighted by Crippen LogP contribution is -1.96. The van der Waals surface area contributed by atoms with Crippen molar-refractivity contribution < 1.29 is 4.74 Å². The number of hydrogen-bond donors (Lipinski definition) is 1. The number of ether oxygens (including phenoxy) is 1. The summed E-state index contributed by atoms with van der Waals surface area (Å²) in [6, 6.07) is 12.2. The van der Waals surface area contributed by atoms with E-state index in [9.17, 15) is 0 Å². The van der Waals surface area contributed by atoms with Crippen molar-refractivity contribution in [3.05, 3.63) is 47.7 Å². The SMILES string of the molecule is COCCc1ccc(-c2ccc(N)c(C)n2)cc1. The summed E-state index contributed by atoms with van der Waals surface area (Å²) in [7, 11) is 1.72. The third-order valence-electron chi connectivity index (χ3n) is 2.97. The molecule has 0 saturated heterocycles. The van der Waals surface area contributed by atoms with E-state index in [1.165, 1.54) is 5.56 Å². The summed E-state index contributed by atoms with van der Waals surface area (Å²) in [6.45, 7) is 2.67. The molecule has 0 aliphatic carbocycles. The maximum Gasteiger partial charge on any atom is 0.0706 e. The molecule has 2 rings (SSSR count). The van der Waals surface area contributed by atoms with E-state index in [0.29, 0.717) is 0 Å². The second-order valence-corrected chi connectivity index (χ2v) is 4.31. The molecule has 0 atom stereocenters. The molecule has 0 fully saturated rings. The van der Waals surface area contributed by atoms with Gasteiger partial charge in [0.15, 0.2) is 0 Å². The van der Waals surface area contributed by atoms with Crippen molar-refractivity contribution >= 4 is 5.69 Å². The highest BCUT2D eigenvalue weighted by Crippen LogP contribution is 2.20. The quantitative estimate of drug-likeness (QED) is 0.896. The van der Waals surface area contributed by atoms with E-state index < -0.39 is 0 Å². The van der Waals surface area contributed by atoms with E-state index in [2.05, 4.69) is 29.2 Å². The number of nitrogens with zero attached hydrogens (tertiary/aromatic N) is 1. The molecule has 2 N–H and O–H groups in total. The summed E-state index contributed by atoms with van der Waals surface area (Å²) in [6.07, 6.45) is 0.935. The topological polar surface area (TPSA) is 48.1 Å². The van der Waals surface area contributed by atoms with E-state index in [4.69, 9.17) is 10.5 Å². The summed E-state index contributed by atoms with van der Waals surface area (Å²) in [5.74, 6) is 0. The smallest absolute Gasteiger partial charge is 0.0706 e. The highest BCUT2D eigenvalue weighted by Gasteiger charge is 2.02. The lowest BCUT2D eigenvalue weighted by atomic mass is 10.1. The molecule has 1 aromatic carbocycles. The minimum atomic E-state index is 0.732. The molecule has 3 heteroatoms. The number of pyridine rings is 1. The number of rotatable bonds is 4. The summed E-state index contributed by atoms with van der Waals surface area (Å²) < 4.78 is 5.06. The van der Waals surface area contributed by atoms with Crippen LogP contribution in [0, 0.1) is 6.92 Å². The fourth-order valence-electron chi connectivity index (χ4n) is 1.79.